The highest BCUT2D eigenvalue weighted by atomic mass is 16.6. The zero-order valence-corrected chi connectivity index (χ0v) is 14.9. The molecule has 2 aliphatic heterocycles. The van der Waals surface area contributed by atoms with Gasteiger partial charge in [-0.2, -0.15) is 0 Å². The van der Waals surface area contributed by atoms with Crippen molar-refractivity contribution >= 4 is 23.3 Å². The number of nitrogens with one attached hydrogen (secondary N) is 1. The van der Waals surface area contributed by atoms with Gasteiger partial charge in [0.15, 0.2) is 0 Å². The number of carbonyl (C=O) groups excluding carboxylic acids is 2. The fourth-order valence-electron chi connectivity index (χ4n) is 3.60. The van der Waals surface area contributed by atoms with Crippen molar-refractivity contribution in [1.29, 1.82) is 0 Å². The van der Waals surface area contributed by atoms with E-state index in [9.17, 15) is 19.7 Å². The van der Waals surface area contributed by atoms with Crippen LogP contribution in [-0.4, -0.2) is 52.8 Å². The summed E-state index contributed by atoms with van der Waals surface area (Å²) >= 11 is 0. The van der Waals surface area contributed by atoms with Crippen molar-refractivity contribution in [2.24, 2.45) is 5.92 Å². The number of rotatable bonds is 3. The molecule has 0 aromatic heterocycles. The van der Waals surface area contributed by atoms with Crippen molar-refractivity contribution in [3.63, 3.8) is 0 Å². The predicted octanol–water partition coefficient (Wildman–Crippen LogP) is 2.77. The number of nitro groups is 1. The molecule has 0 bridgehead atoms. The van der Waals surface area contributed by atoms with Gasteiger partial charge in [0.05, 0.1) is 10.8 Å². The van der Waals surface area contributed by atoms with Crippen LogP contribution in [0.25, 0.3) is 0 Å². The van der Waals surface area contributed by atoms with E-state index in [1.807, 2.05) is 4.90 Å². The van der Waals surface area contributed by atoms with Gasteiger partial charge in [0.2, 0.25) is 5.91 Å². The van der Waals surface area contributed by atoms with Crippen molar-refractivity contribution in [2.75, 3.05) is 31.5 Å². The van der Waals surface area contributed by atoms with Crippen LogP contribution in [0.15, 0.2) is 18.2 Å². The lowest BCUT2D eigenvalue weighted by molar-refractivity contribution is -0.385. The summed E-state index contributed by atoms with van der Waals surface area (Å²) in [4.78, 5) is 39.3. The second-order valence-corrected chi connectivity index (χ2v) is 7.01. The monoisotopic (exact) mass is 360 g/mol. The summed E-state index contributed by atoms with van der Waals surface area (Å²) in [7, 11) is 0. The number of urea groups is 1. The number of amides is 3. The molecule has 3 amide bonds. The van der Waals surface area contributed by atoms with Crippen LogP contribution in [-0.2, 0) is 4.79 Å². The van der Waals surface area contributed by atoms with E-state index < -0.39 is 4.92 Å². The Bertz CT molecular complexity index is 715. The molecule has 1 unspecified atom stereocenters. The summed E-state index contributed by atoms with van der Waals surface area (Å²) in [5.74, 6) is -0.488. The number of benzene rings is 1. The fourth-order valence-corrected chi connectivity index (χ4v) is 3.60. The summed E-state index contributed by atoms with van der Waals surface area (Å²) < 4.78 is 0. The molecule has 26 heavy (non-hydrogen) atoms. The van der Waals surface area contributed by atoms with E-state index in [0.29, 0.717) is 30.8 Å². The highest BCUT2D eigenvalue weighted by Gasteiger charge is 2.31. The molecule has 1 aromatic rings. The Morgan fingerprint density at radius 2 is 1.85 bits per heavy atom. The van der Waals surface area contributed by atoms with E-state index >= 15 is 0 Å². The molecule has 2 aliphatic rings. The molecule has 0 aliphatic carbocycles. The second kappa shape index (κ2) is 7.72. The van der Waals surface area contributed by atoms with E-state index in [-0.39, 0.29) is 23.5 Å². The summed E-state index contributed by atoms with van der Waals surface area (Å²) in [5.41, 5.74) is 0.945. The normalized spacial score (nSPS) is 20.1. The number of carbonyl (C=O) groups is 2. The minimum Gasteiger partial charge on any atom is -0.326 e. The van der Waals surface area contributed by atoms with Crippen LogP contribution in [0.4, 0.5) is 16.2 Å². The Hall–Kier alpha value is -2.64. The molecule has 2 saturated heterocycles. The minimum atomic E-state index is -0.456. The average Bonchev–Trinajstić information content (AvgIpc) is 3.17. The largest absolute Gasteiger partial charge is 0.326 e. The first kappa shape index (κ1) is 18.2. The molecule has 1 aromatic carbocycles. The zero-order chi connectivity index (χ0) is 18.7. The maximum absolute atomic E-state index is 12.6. The third-order valence-electron chi connectivity index (χ3n) is 5.11. The summed E-state index contributed by atoms with van der Waals surface area (Å²) in [6.45, 7) is 4.31. The lowest BCUT2D eigenvalue weighted by Crippen LogP contribution is -2.48. The standard InChI is InChI=1S/C18H24N4O4/c1-13-6-7-15(11-16(13)22(25)26)19-17(23)14-5-4-10-21(12-14)18(24)20-8-2-3-9-20/h6-7,11,14H,2-5,8-10,12H2,1H3,(H,19,23). The predicted molar refractivity (Wildman–Crippen MR) is 97.0 cm³/mol. The second-order valence-electron chi connectivity index (χ2n) is 7.01. The van der Waals surface area contributed by atoms with Gasteiger partial charge in [0, 0.05) is 43.5 Å². The molecule has 1 atom stereocenters. The van der Waals surface area contributed by atoms with Gasteiger partial charge in [-0.3, -0.25) is 14.9 Å². The summed E-state index contributed by atoms with van der Waals surface area (Å²) in [5, 5.41) is 13.8. The van der Waals surface area contributed by atoms with Gasteiger partial charge in [-0.1, -0.05) is 6.07 Å². The average molecular weight is 360 g/mol. The molecule has 140 valence electrons. The van der Waals surface area contributed by atoms with Gasteiger partial charge in [0.1, 0.15) is 0 Å². The zero-order valence-electron chi connectivity index (χ0n) is 14.9. The van der Waals surface area contributed by atoms with Gasteiger partial charge in [-0.25, -0.2) is 4.79 Å². The topological polar surface area (TPSA) is 95.8 Å². The summed E-state index contributed by atoms with van der Waals surface area (Å²) in [6.07, 6.45) is 3.57. The quantitative estimate of drug-likeness (QED) is 0.662. The number of nitrogens with zero attached hydrogens (tertiary/aromatic N) is 3. The van der Waals surface area contributed by atoms with E-state index in [2.05, 4.69) is 5.32 Å². The fraction of sp³-hybridized carbons (Fsp3) is 0.556. The Morgan fingerprint density at radius 1 is 1.15 bits per heavy atom. The Morgan fingerprint density at radius 3 is 2.54 bits per heavy atom. The van der Waals surface area contributed by atoms with Crippen LogP contribution in [0.3, 0.4) is 0 Å². The Labute approximate surface area is 152 Å². The number of aryl methyl sites for hydroxylation is 1. The van der Waals surface area contributed by atoms with Crippen molar-refractivity contribution in [3.05, 3.63) is 33.9 Å². The molecule has 2 heterocycles. The first-order valence-corrected chi connectivity index (χ1v) is 9.05. The molecule has 8 heteroatoms. The van der Waals surface area contributed by atoms with Crippen molar-refractivity contribution in [2.45, 2.75) is 32.6 Å². The highest BCUT2D eigenvalue weighted by molar-refractivity contribution is 5.93. The van der Waals surface area contributed by atoms with E-state index in [0.717, 1.165) is 32.4 Å². The van der Waals surface area contributed by atoms with Gasteiger partial charge in [-0.05, 0) is 38.7 Å². The molecular formula is C18H24N4O4. The highest BCUT2D eigenvalue weighted by Crippen LogP contribution is 2.25. The van der Waals surface area contributed by atoms with Gasteiger partial charge >= 0.3 is 6.03 Å². The third-order valence-corrected chi connectivity index (χ3v) is 5.11. The molecule has 2 fully saturated rings. The number of anilines is 1. The number of nitro benzene ring substituents is 1. The lowest BCUT2D eigenvalue weighted by Gasteiger charge is -2.34. The lowest BCUT2D eigenvalue weighted by atomic mass is 9.97. The summed E-state index contributed by atoms with van der Waals surface area (Å²) in [6, 6.07) is 4.68. The number of hydrogen-bond donors (Lipinski definition) is 1. The number of piperidine rings is 1. The molecule has 0 spiro atoms. The Balaban J connectivity index is 1.63. The smallest absolute Gasteiger partial charge is 0.320 e. The van der Waals surface area contributed by atoms with Gasteiger partial charge < -0.3 is 15.1 Å². The van der Waals surface area contributed by atoms with Crippen LogP contribution in [0.1, 0.15) is 31.2 Å². The molecule has 8 nitrogen and oxygen atoms in total. The van der Waals surface area contributed by atoms with Crippen LogP contribution in [0, 0.1) is 23.0 Å². The van der Waals surface area contributed by atoms with Crippen molar-refractivity contribution in [3.8, 4) is 0 Å². The van der Waals surface area contributed by atoms with Crippen molar-refractivity contribution in [1.82, 2.24) is 9.80 Å². The molecule has 0 radical (unpaired) electrons. The number of likely N-dealkylation sites (tertiary alicyclic amines) is 2. The molecular weight excluding hydrogens is 336 g/mol. The van der Waals surface area contributed by atoms with Crippen molar-refractivity contribution < 1.29 is 14.5 Å². The molecule has 0 saturated carbocycles. The minimum absolute atomic E-state index is 0.0164. The van der Waals surface area contributed by atoms with Gasteiger partial charge in [-0.15, -0.1) is 0 Å². The maximum atomic E-state index is 12.6. The Kier molecular flexibility index (Phi) is 5.39. The van der Waals surface area contributed by atoms with E-state index in [1.54, 1.807) is 24.0 Å². The van der Waals surface area contributed by atoms with Crippen LogP contribution in [0.2, 0.25) is 0 Å². The van der Waals surface area contributed by atoms with Crippen LogP contribution >= 0.6 is 0 Å². The molecule has 1 N–H and O–H groups in total. The first-order chi connectivity index (χ1) is 12.5. The molecule has 3 rings (SSSR count). The van der Waals surface area contributed by atoms with E-state index in [4.69, 9.17) is 0 Å². The third kappa shape index (κ3) is 3.95. The van der Waals surface area contributed by atoms with Crippen LogP contribution in [0.5, 0.6) is 0 Å². The van der Waals surface area contributed by atoms with Gasteiger partial charge in [0.25, 0.3) is 5.69 Å². The van der Waals surface area contributed by atoms with Crippen LogP contribution < -0.4 is 5.32 Å². The number of hydrogen-bond acceptors (Lipinski definition) is 4. The maximum Gasteiger partial charge on any atom is 0.320 e. The van der Waals surface area contributed by atoms with E-state index in [1.165, 1.54) is 6.07 Å². The SMILES string of the molecule is Cc1ccc(NC(=O)C2CCCN(C(=O)N3CCCC3)C2)cc1[N+](=O)[O-]. The first-order valence-electron chi connectivity index (χ1n) is 9.05.